The molecule has 0 radical (unpaired) electrons. The molecule has 14 heavy (non-hydrogen) atoms. The van der Waals surface area contributed by atoms with E-state index in [1.54, 1.807) is 0 Å². The highest BCUT2D eigenvalue weighted by Crippen LogP contribution is 2.18. The van der Waals surface area contributed by atoms with Crippen molar-refractivity contribution in [2.75, 3.05) is 20.8 Å². The first-order valence-electron chi connectivity index (χ1n) is 5.13. The van der Waals surface area contributed by atoms with E-state index in [0.29, 0.717) is 12.5 Å². The van der Waals surface area contributed by atoms with Crippen molar-refractivity contribution in [3.05, 3.63) is 0 Å². The summed E-state index contributed by atoms with van der Waals surface area (Å²) in [6.07, 6.45) is 3.03. The monoisotopic (exact) mass is 204 g/mol. The Morgan fingerprint density at radius 2 is 2.14 bits per heavy atom. The zero-order chi connectivity index (χ0) is 10.4. The molecule has 0 aromatic carbocycles. The quantitative estimate of drug-likeness (QED) is 0.654. The minimum absolute atomic E-state index is 0.319. The maximum Gasteiger partial charge on any atom is 0.182 e. The number of aliphatic hydroxyl groups excluding tert-OH is 1. The highest BCUT2D eigenvalue weighted by molar-refractivity contribution is 4.68. The van der Waals surface area contributed by atoms with Crippen molar-refractivity contribution in [2.24, 2.45) is 0 Å². The number of aliphatic hydroxyl groups is 1. The summed E-state index contributed by atoms with van der Waals surface area (Å²) in [6, 6.07) is 0. The van der Waals surface area contributed by atoms with E-state index in [1.165, 1.54) is 14.2 Å². The second kappa shape index (κ2) is 6.35. The van der Waals surface area contributed by atoms with E-state index in [0.717, 1.165) is 25.9 Å². The summed E-state index contributed by atoms with van der Waals surface area (Å²) in [5, 5.41) is 9.66. The van der Waals surface area contributed by atoms with Crippen molar-refractivity contribution >= 4 is 0 Å². The van der Waals surface area contributed by atoms with Gasteiger partial charge in [-0.1, -0.05) is 0 Å². The fourth-order valence-corrected chi connectivity index (χ4v) is 1.78. The van der Waals surface area contributed by atoms with Crippen LogP contribution in [0.3, 0.4) is 0 Å². The van der Waals surface area contributed by atoms with Gasteiger partial charge in [-0.15, -0.1) is 0 Å². The van der Waals surface area contributed by atoms with Gasteiger partial charge in [0.05, 0.1) is 6.10 Å². The Morgan fingerprint density at radius 3 is 2.64 bits per heavy atom. The number of ether oxygens (including phenoxy) is 3. The van der Waals surface area contributed by atoms with E-state index >= 15 is 0 Å². The van der Waals surface area contributed by atoms with Crippen molar-refractivity contribution in [1.29, 1.82) is 0 Å². The van der Waals surface area contributed by atoms with Crippen LogP contribution in [0.2, 0.25) is 0 Å². The molecule has 0 spiro atoms. The topological polar surface area (TPSA) is 47.9 Å². The van der Waals surface area contributed by atoms with Gasteiger partial charge in [-0.2, -0.15) is 0 Å². The molecular formula is C10H20O4. The Morgan fingerprint density at radius 1 is 1.43 bits per heavy atom. The third-order valence-electron chi connectivity index (χ3n) is 2.59. The molecule has 1 heterocycles. The molecule has 1 fully saturated rings. The molecule has 0 saturated carbocycles. The van der Waals surface area contributed by atoms with Gasteiger partial charge < -0.3 is 19.3 Å². The average molecular weight is 204 g/mol. The normalized spacial score (nSPS) is 24.4. The maximum atomic E-state index is 9.66. The molecule has 1 aliphatic rings. The lowest BCUT2D eigenvalue weighted by Gasteiger charge is -2.20. The van der Waals surface area contributed by atoms with Crippen LogP contribution >= 0.6 is 0 Å². The van der Waals surface area contributed by atoms with Crippen LogP contribution in [0.1, 0.15) is 25.7 Å². The molecule has 2 atom stereocenters. The Balaban J connectivity index is 2.15. The molecule has 1 aliphatic heterocycles. The number of hydrogen-bond acceptors (Lipinski definition) is 4. The summed E-state index contributed by atoms with van der Waals surface area (Å²) in [6.45, 7) is 0.860. The Labute approximate surface area is 85.2 Å². The molecule has 0 aromatic rings. The molecule has 4 heteroatoms. The van der Waals surface area contributed by atoms with E-state index in [2.05, 4.69) is 0 Å². The zero-order valence-corrected chi connectivity index (χ0v) is 8.94. The molecule has 1 saturated heterocycles. The largest absolute Gasteiger partial charge is 0.388 e. The summed E-state index contributed by atoms with van der Waals surface area (Å²) in [5.41, 5.74) is 0. The van der Waals surface area contributed by atoms with Crippen molar-refractivity contribution < 1.29 is 19.3 Å². The second-order valence-corrected chi connectivity index (χ2v) is 3.62. The van der Waals surface area contributed by atoms with E-state index in [-0.39, 0.29) is 0 Å². The van der Waals surface area contributed by atoms with Gasteiger partial charge in [0.1, 0.15) is 6.10 Å². The van der Waals surface area contributed by atoms with Crippen LogP contribution < -0.4 is 0 Å². The van der Waals surface area contributed by atoms with Crippen molar-refractivity contribution in [3.8, 4) is 0 Å². The zero-order valence-electron chi connectivity index (χ0n) is 8.94. The molecule has 2 unspecified atom stereocenters. The van der Waals surface area contributed by atoms with Gasteiger partial charge in [0.2, 0.25) is 0 Å². The molecular weight excluding hydrogens is 184 g/mol. The first-order chi connectivity index (χ1) is 6.77. The van der Waals surface area contributed by atoms with Crippen molar-refractivity contribution in [3.63, 3.8) is 0 Å². The molecule has 1 rings (SSSR count). The number of rotatable bonds is 6. The smallest absolute Gasteiger partial charge is 0.182 e. The first-order valence-corrected chi connectivity index (χ1v) is 5.13. The summed E-state index contributed by atoms with van der Waals surface area (Å²) in [4.78, 5) is 0. The minimum atomic E-state index is -0.561. The van der Waals surface area contributed by atoms with Crippen LogP contribution in [0.25, 0.3) is 0 Å². The fourth-order valence-electron chi connectivity index (χ4n) is 1.78. The van der Waals surface area contributed by atoms with Crippen LogP contribution in [0.5, 0.6) is 0 Å². The van der Waals surface area contributed by atoms with Gasteiger partial charge in [0.15, 0.2) is 6.29 Å². The lowest BCUT2D eigenvalue weighted by atomic mass is 10.1. The van der Waals surface area contributed by atoms with E-state index in [1.807, 2.05) is 0 Å². The molecule has 84 valence electrons. The van der Waals surface area contributed by atoms with Gasteiger partial charge in [-0.25, -0.2) is 0 Å². The molecule has 4 nitrogen and oxygen atoms in total. The van der Waals surface area contributed by atoms with E-state index in [4.69, 9.17) is 14.2 Å². The number of methoxy groups -OCH3 is 2. The van der Waals surface area contributed by atoms with Gasteiger partial charge in [0, 0.05) is 20.8 Å². The highest BCUT2D eigenvalue weighted by Gasteiger charge is 2.21. The summed E-state index contributed by atoms with van der Waals surface area (Å²) < 4.78 is 15.4. The van der Waals surface area contributed by atoms with Gasteiger partial charge in [-0.05, 0) is 25.7 Å². The van der Waals surface area contributed by atoms with Crippen LogP contribution in [-0.2, 0) is 14.2 Å². The van der Waals surface area contributed by atoms with E-state index in [9.17, 15) is 5.11 Å². The second-order valence-electron chi connectivity index (χ2n) is 3.62. The highest BCUT2D eigenvalue weighted by atomic mass is 16.7. The fraction of sp³-hybridized carbons (Fsp3) is 1.00. The number of hydrogen-bond donors (Lipinski definition) is 1. The van der Waals surface area contributed by atoms with Crippen LogP contribution in [0, 0.1) is 0 Å². The molecule has 0 aromatic heterocycles. The third-order valence-corrected chi connectivity index (χ3v) is 2.59. The third kappa shape index (κ3) is 3.53. The lowest BCUT2D eigenvalue weighted by Crippen LogP contribution is -2.30. The summed E-state index contributed by atoms with van der Waals surface area (Å²) in [7, 11) is 3.06. The molecule has 1 N–H and O–H groups in total. The SMILES string of the molecule is COC(OC)C(O)CCC1CCCO1. The van der Waals surface area contributed by atoms with Crippen molar-refractivity contribution in [1.82, 2.24) is 0 Å². The Kier molecular flexibility index (Phi) is 5.40. The van der Waals surface area contributed by atoms with Crippen LogP contribution in [0.4, 0.5) is 0 Å². The van der Waals surface area contributed by atoms with Gasteiger partial charge >= 0.3 is 0 Å². The standard InChI is InChI=1S/C10H20O4/c1-12-10(13-2)9(11)6-5-8-4-3-7-14-8/h8-11H,3-7H2,1-2H3. The lowest BCUT2D eigenvalue weighted by molar-refractivity contribution is -0.167. The summed E-state index contributed by atoms with van der Waals surface area (Å²) in [5.74, 6) is 0. The van der Waals surface area contributed by atoms with Gasteiger partial charge in [0.25, 0.3) is 0 Å². The Hall–Kier alpha value is -0.160. The predicted molar refractivity (Wildman–Crippen MR) is 52.0 cm³/mol. The van der Waals surface area contributed by atoms with E-state index < -0.39 is 12.4 Å². The molecule has 0 bridgehead atoms. The first kappa shape index (κ1) is 11.9. The van der Waals surface area contributed by atoms with Crippen molar-refractivity contribution in [2.45, 2.75) is 44.2 Å². The predicted octanol–water partition coefficient (Wildman–Crippen LogP) is 0.925. The molecule has 0 amide bonds. The Bertz CT molecular complexity index is 141. The molecule has 0 aliphatic carbocycles. The van der Waals surface area contributed by atoms with Crippen LogP contribution in [0.15, 0.2) is 0 Å². The average Bonchev–Trinajstić information content (AvgIpc) is 2.69. The van der Waals surface area contributed by atoms with Gasteiger partial charge in [-0.3, -0.25) is 0 Å². The minimum Gasteiger partial charge on any atom is -0.388 e. The summed E-state index contributed by atoms with van der Waals surface area (Å²) >= 11 is 0. The maximum absolute atomic E-state index is 9.66. The van der Waals surface area contributed by atoms with Crippen LogP contribution in [-0.4, -0.2) is 44.4 Å².